The van der Waals surface area contributed by atoms with Crippen LogP contribution in [0.25, 0.3) is 0 Å². The number of hydrogen-bond donors (Lipinski definition) is 2. The maximum absolute atomic E-state index is 12.5. The normalized spacial score (nSPS) is 19.5. The summed E-state index contributed by atoms with van der Waals surface area (Å²) in [5, 5.41) is 5.75. The van der Waals surface area contributed by atoms with Crippen LogP contribution in [0.15, 0.2) is 18.2 Å². The van der Waals surface area contributed by atoms with Crippen molar-refractivity contribution in [2.75, 3.05) is 38.8 Å². The summed E-state index contributed by atoms with van der Waals surface area (Å²) in [5.74, 6) is 0.615. The fourth-order valence-electron chi connectivity index (χ4n) is 4.15. The lowest BCUT2D eigenvalue weighted by Crippen LogP contribution is -2.40. The van der Waals surface area contributed by atoms with Crippen molar-refractivity contribution in [2.24, 2.45) is 11.8 Å². The molecule has 8 nitrogen and oxygen atoms in total. The first-order chi connectivity index (χ1) is 14.5. The van der Waals surface area contributed by atoms with E-state index in [4.69, 9.17) is 9.47 Å². The molecule has 0 spiro atoms. The fraction of sp³-hybridized carbons (Fsp3) is 0.591. The average Bonchev–Trinajstić information content (AvgIpc) is 3.18. The largest absolute Gasteiger partial charge is 0.493 e. The first-order valence-electron chi connectivity index (χ1n) is 10.6. The summed E-state index contributed by atoms with van der Waals surface area (Å²) < 4.78 is 10.5. The van der Waals surface area contributed by atoms with E-state index >= 15 is 0 Å². The van der Waals surface area contributed by atoms with Gasteiger partial charge in [-0.3, -0.25) is 14.4 Å². The number of amides is 3. The van der Waals surface area contributed by atoms with E-state index < -0.39 is 5.92 Å². The number of hydrogen-bond acceptors (Lipinski definition) is 5. The first-order valence-corrected chi connectivity index (χ1v) is 10.6. The third-order valence-corrected chi connectivity index (χ3v) is 5.87. The summed E-state index contributed by atoms with van der Waals surface area (Å²) in [7, 11) is 3.09. The molecule has 1 aromatic rings. The molecular formula is C22H31N3O5. The molecule has 1 heterocycles. The third kappa shape index (κ3) is 5.23. The van der Waals surface area contributed by atoms with Crippen molar-refractivity contribution in [3.63, 3.8) is 0 Å². The molecule has 1 aliphatic heterocycles. The molecule has 0 radical (unpaired) electrons. The molecule has 1 atom stereocenters. The predicted molar refractivity (Wildman–Crippen MR) is 113 cm³/mol. The molecule has 3 amide bonds. The zero-order valence-corrected chi connectivity index (χ0v) is 17.7. The van der Waals surface area contributed by atoms with Crippen molar-refractivity contribution in [3.05, 3.63) is 18.2 Å². The second-order valence-electron chi connectivity index (χ2n) is 7.86. The molecule has 8 heteroatoms. The van der Waals surface area contributed by atoms with Crippen molar-refractivity contribution in [2.45, 2.75) is 38.5 Å². The lowest BCUT2D eigenvalue weighted by atomic mass is 9.89. The van der Waals surface area contributed by atoms with Gasteiger partial charge in [-0.2, -0.15) is 0 Å². The van der Waals surface area contributed by atoms with Gasteiger partial charge in [0, 0.05) is 43.7 Å². The minimum atomic E-state index is -0.417. The molecular weight excluding hydrogens is 386 g/mol. The summed E-state index contributed by atoms with van der Waals surface area (Å²) in [5.41, 5.74) is 0.674. The Morgan fingerprint density at radius 3 is 2.23 bits per heavy atom. The fourth-order valence-corrected chi connectivity index (χ4v) is 4.15. The van der Waals surface area contributed by atoms with E-state index in [0.717, 1.165) is 25.7 Å². The highest BCUT2D eigenvalue weighted by Crippen LogP contribution is 2.34. The van der Waals surface area contributed by atoms with E-state index in [0.29, 0.717) is 36.8 Å². The zero-order valence-electron chi connectivity index (χ0n) is 17.7. The number of ether oxygens (including phenoxy) is 2. The van der Waals surface area contributed by atoms with E-state index in [1.165, 1.54) is 13.5 Å². The first kappa shape index (κ1) is 21.9. The van der Waals surface area contributed by atoms with Gasteiger partial charge >= 0.3 is 0 Å². The van der Waals surface area contributed by atoms with Crippen LogP contribution in [0.4, 0.5) is 5.69 Å². The Balaban J connectivity index is 1.46. The number of nitrogens with one attached hydrogen (secondary N) is 2. The van der Waals surface area contributed by atoms with Crippen molar-refractivity contribution in [3.8, 4) is 11.5 Å². The van der Waals surface area contributed by atoms with Gasteiger partial charge in [0.25, 0.3) is 0 Å². The molecule has 2 N–H and O–H groups in total. The molecule has 1 unspecified atom stereocenters. The van der Waals surface area contributed by atoms with Gasteiger partial charge in [0.1, 0.15) is 0 Å². The SMILES string of the molecule is COc1ccc(N2CC(C(=O)NCCNC(=O)C3CCCCC3)CC2=O)cc1OC. The van der Waals surface area contributed by atoms with Gasteiger partial charge in [-0.25, -0.2) is 0 Å². The predicted octanol–water partition coefficient (Wildman–Crippen LogP) is 1.87. The highest BCUT2D eigenvalue weighted by Gasteiger charge is 2.35. The van der Waals surface area contributed by atoms with Crippen LogP contribution in [0.5, 0.6) is 11.5 Å². The minimum absolute atomic E-state index is 0.0830. The van der Waals surface area contributed by atoms with E-state index in [9.17, 15) is 14.4 Å². The van der Waals surface area contributed by atoms with Gasteiger partial charge in [-0.15, -0.1) is 0 Å². The Morgan fingerprint density at radius 2 is 1.60 bits per heavy atom. The second-order valence-corrected chi connectivity index (χ2v) is 7.86. The molecule has 1 saturated carbocycles. The van der Waals surface area contributed by atoms with Crippen molar-refractivity contribution in [1.29, 1.82) is 0 Å². The molecule has 1 aromatic carbocycles. The average molecular weight is 418 g/mol. The monoisotopic (exact) mass is 417 g/mol. The van der Waals surface area contributed by atoms with Gasteiger partial charge in [0.05, 0.1) is 20.1 Å². The molecule has 0 aromatic heterocycles. The number of benzene rings is 1. The minimum Gasteiger partial charge on any atom is -0.493 e. The summed E-state index contributed by atoms with van der Waals surface area (Å²) in [4.78, 5) is 38.7. The lowest BCUT2D eigenvalue weighted by Gasteiger charge is -2.21. The topological polar surface area (TPSA) is 97.0 Å². The van der Waals surface area contributed by atoms with Crippen LogP contribution in [-0.4, -0.2) is 51.6 Å². The third-order valence-electron chi connectivity index (χ3n) is 5.87. The molecule has 30 heavy (non-hydrogen) atoms. The van der Waals surface area contributed by atoms with Crippen molar-refractivity contribution in [1.82, 2.24) is 10.6 Å². The van der Waals surface area contributed by atoms with Gasteiger partial charge in [-0.05, 0) is 25.0 Å². The maximum atomic E-state index is 12.5. The molecule has 1 saturated heterocycles. The van der Waals surface area contributed by atoms with Gasteiger partial charge in [0.15, 0.2) is 11.5 Å². The highest BCUT2D eigenvalue weighted by molar-refractivity contribution is 6.00. The van der Waals surface area contributed by atoms with Crippen LogP contribution < -0.4 is 25.0 Å². The Labute approximate surface area is 177 Å². The van der Waals surface area contributed by atoms with Gasteiger partial charge < -0.3 is 25.0 Å². The number of carbonyl (C=O) groups excluding carboxylic acids is 3. The molecule has 2 fully saturated rings. The van der Waals surface area contributed by atoms with Crippen LogP contribution in [0.3, 0.4) is 0 Å². The number of rotatable bonds is 8. The van der Waals surface area contributed by atoms with Crippen LogP contribution in [0.1, 0.15) is 38.5 Å². The van der Waals surface area contributed by atoms with Crippen LogP contribution in [-0.2, 0) is 14.4 Å². The van der Waals surface area contributed by atoms with E-state index in [-0.39, 0.29) is 30.1 Å². The lowest BCUT2D eigenvalue weighted by molar-refractivity contribution is -0.127. The summed E-state index contributed by atoms with van der Waals surface area (Å²) in [6, 6.07) is 5.25. The molecule has 3 rings (SSSR count). The van der Waals surface area contributed by atoms with Gasteiger partial charge in [-0.1, -0.05) is 19.3 Å². The summed E-state index contributed by atoms with van der Waals surface area (Å²) in [6.07, 6.45) is 5.50. The summed E-state index contributed by atoms with van der Waals surface area (Å²) in [6.45, 7) is 1.08. The molecule has 1 aliphatic carbocycles. The molecule has 0 bridgehead atoms. The Bertz CT molecular complexity index is 776. The highest BCUT2D eigenvalue weighted by atomic mass is 16.5. The zero-order chi connectivity index (χ0) is 21.5. The van der Waals surface area contributed by atoms with E-state index in [2.05, 4.69) is 10.6 Å². The van der Waals surface area contributed by atoms with Crippen LogP contribution >= 0.6 is 0 Å². The van der Waals surface area contributed by atoms with Gasteiger partial charge in [0.2, 0.25) is 17.7 Å². The Morgan fingerprint density at radius 1 is 0.967 bits per heavy atom. The van der Waals surface area contributed by atoms with Crippen molar-refractivity contribution >= 4 is 23.4 Å². The number of methoxy groups -OCH3 is 2. The Hall–Kier alpha value is -2.77. The van der Waals surface area contributed by atoms with Crippen LogP contribution in [0, 0.1) is 11.8 Å². The quantitative estimate of drug-likeness (QED) is 0.630. The van der Waals surface area contributed by atoms with Crippen LogP contribution in [0.2, 0.25) is 0 Å². The van der Waals surface area contributed by atoms with Crippen molar-refractivity contribution < 1.29 is 23.9 Å². The smallest absolute Gasteiger partial charge is 0.227 e. The maximum Gasteiger partial charge on any atom is 0.227 e. The standard InChI is InChI=1S/C22H31N3O5/c1-29-18-9-8-17(13-19(18)30-2)25-14-16(12-20(25)26)22(28)24-11-10-23-21(27)15-6-4-3-5-7-15/h8-9,13,15-16H,3-7,10-12,14H2,1-2H3,(H,23,27)(H,24,28). The number of carbonyl (C=O) groups is 3. The molecule has 2 aliphatic rings. The second kappa shape index (κ2) is 10.3. The molecule has 164 valence electrons. The number of anilines is 1. The number of nitrogens with zero attached hydrogens (tertiary/aromatic N) is 1. The Kier molecular flexibility index (Phi) is 7.54. The van der Waals surface area contributed by atoms with E-state index in [1.807, 2.05) is 0 Å². The van der Waals surface area contributed by atoms with E-state index in [1.54, 1.807) is 30.2 Å². The summed E-state index contributed by atoms with van der Waals surface area (Å²) >= 11 is 0.